The maximum Gasteiger partial charge on any atom is 0.0317 e. The molecule has 0 spiro atoms. The number of nitrogens with one attached hydrogen (secondary N) is 1. The van der Waals surface area contributed by atoms with Crippen molar-refractivity contribution in [2.24, 2.45) is 5.92 Å². The zero-order valence-electron chi connectivity index (χ0n) is 13.4. The third-order valence-corrected chi connectivity index (χ3v) is 4.69. The Hall–Kier alpha value is -0.860. The SMILES string of the molecule is CCc1ccc(C(CC)NCC2CCN(C)CC2)cc1. The molecule has 0 aromatic heterocycles. The van der Waals surface area contributed by atoms with E-state index in [2.05, 4.69) is 55.4 Å². The van der Waals surface area contributed by atoms with E-state index in [0.717, 1.165) is 18.8 Å². The molecule has 0 amide bonds. The first kappa shape index (κ1) is 15.5. The van der Waals surface area contributed by atoms with E-state index in [1.807, 2.05) is 0 Å². The molecule has 0 bridgehead atoms. The van der Waals surface area contributed by atoms with Crippen LogP contribution in [-0.4, -0.2) is 31.6 Å². The van der Waals surface area contributed by atoms with Gasteiger partial charge < -0.3 is 10.2 Å². The van der Waals surface area contributed by atoms with Gasteiger partial charge in [-0.15, -0.1) is 0 Å². The van der Waals surface area contributed by atoms with Gasteiger partial charge in [-0.2, -0.15) is 0 Å². The molecule has 1 fully saturated rings. The van der Waals surface area contributed by atoms with Crippen molar-refractivity contribution < 1.29 is 0 Å². The molecular formula is C18H30N2. The zero-order chi connectivity index (χ0) is 14.4. The van der Waals surface area contributed by atoms with Crippen molar-refractivity contribution in [1.82, 2.24) is 10.2 Å². The molecule has 0 saturated carbocycles. The largest absolute Gasteiger partial charge is 0.310 e. The number of likely N-dealkylation sites (tertiary alicyclic amines) is 1. The normalized spacial score (nSPS) is 19.1. The second-order valence-electron chi connectivity index (χ2n) is 6.21. The summed E-state index contributed by atoms with van der Waals surface area (Å²) in [7, 11) is 2.23. The molecule has 1 aromatic rings. The van der Waals surface area contributed by atoms with Gasteiger partial charge in [0.25, 0.3) is 0 Å². The van der Waals surface area contributed by atoms with E-state index in [1.54, 1.807) is 0 Å². The van der Waals surface area contributed by atoms with E-state index in [0.29, 0.717) is 6.04 Å². The van der Waals surface area contributed by atoms with Crippen molar-refractivity contribution in [3.63, 3.8) is 0 Å². The lowest BCUT2D eigenvalue weighted by Crippen LogP contribution is -2.36. The predicted molar refractivity (Wildman–Crippen MR) is 87.1 cm³/mol. The van der Waals surface area contributed by atoms with Crippen LogP contribution in [0.3, 0.4) is 0 Å². The fourth-order valence-electron chi connectivity index (χ4n) is 3.06. The van der Waals surface area contributed by atoms with E-state index in [9.17, 15) is 0 Å². The van der Waals surface area contributed by atoms with Crippen LogP contribution in [0.5, 0.6) is 0 Å². The maximum absolute atomic E-state index is 3.79. The summed E-state index contributed by atoms with van der Waals surface area (Å²) in [4.78, 5) is 2.44. The summed E-state index contributed by atoms with van der Waals surface area (Å²) in [5.41, 5.74) is 2.87. The van der Waals surface area contributed by atoms with E-state index < -0.39 is 0 Å². The van der Waals surface area contributed by atoms with Gasteiger partial charge in [0.1, 0.15) is 0 Å². The third-order valence-electron chi connectivity index (χ3n) is 4.69. The van der Waals surface area contributed by atoms with E-state index in [4.69, 9.17) is 0 Å². The highest BCUT2D eigenvalue weighted by Gasteiger charge is 2.18. The average Bonchev–Trinajstić information content (AvgIpc) is 2.50. The molecule has 0 radical (unpaired) electrons. The number of benzene rings is 1. The van der Waals surface area contributed by atoms with Gasteiger partial charge in [-0.3, -0.25) is 0 Å². The smallest absolute Gasteiger partial charge is 0.0317 e. The summed E-state index contributed by atoms with van der Waals surface area (Å²) in [6.07, 6.45) is 4.97. The Balaban J connectivity index is 1.85. The van der Waals surface area contributed by atoms with E-state index in [1.165, 1.54) is 43.6 Å². The minimum atomic E-state index is 0.514. The van der Waals surface area contributed by atoms with Crippen LogP contribution in [0.15, 0.2) is 24.3 Å². The maximum atomic E-state index is 3.79. The van der Waals surface area contributed by atoms with E-state index >= 15 is 0 Å². The number of rotatable bonds is 6. The molecule has 2 rings (SSSR count). The molecule has 1 aromatic carbocycles. The van der Waals surface area contributed by atoms with Gasteiger partial charge >= 0.3 is 0 Å². The molecule has 1 N–H and O–H groups in total. The van der Waals surface area contributed by atoms with Crippen molar-refractivity contribution >= 4 is 0 Å². The lowest BCUT2D eigenvalue weighted by atomic mass is 9.95. The summed E-state index contributed by atoms with van der Waals surface area (Å²) in [6, 6.07) is 9.66. The number of hydrogen-bond acceptors (Lipinski definition) is 2. The van der Waals surface area contributed by atoms with Crippen LogP contribution < -0.4 is 5.32 Å². The average molecular weight is 274 g/mol. The second kappa shape index (κ2) is 7.80. The first-order valence-corrected chi connectivity index (χ1v) is 8.23. The van der Waals surface area contributed by atoms with Crippen LogP contribution >= 0.6 is 0 Å². The molecule has 20 heavy (non-hydrogen) atoms. The minimum Gasteiger partial charge on any atom is -0.310 e. The molecule has 1 aliphatic heterocycles. The van der Waals surface area contributed by atoms with Crippen LogP contribution in [0.4, 0.5) is 0 Å². The zero-order valence-corrected chi connectivity index (χ0v) is 13.4. The molecule has 2 heteroatoms. The Bertz CT molecular complexity index is 377. The van der Waals surface area contributed by atoms with Crippen LogP contribution in [-0.2, 0) is 6.42 Å². The monoisotopic (exact) mass is 274 g/mol. The van der Waals surface area contributed by atoms with E-state index in [-0.39, 0.29) is 0 Å². The summed E-state index contributed by atoms with van der Waals surface area (Å²) in [5.74, 6) is 0.857. The Morgan fingerprint density at radius 2 is 1.80 bits per heavy atom. The van der Waals surface area contributed by atoms with Crippen molar-refractivity contribution in [2.45, 2.75) is 45.6 Å². The van der Waals surface area contributed by atoms with Crippen molar-refractivity contribution in [1.29, 1.82) is 0 Å². The van der Waals surface area contributed by atoms with Crippen LogP contribution in [0.25, 0.3) is 0 Å². The summed E-state index contributed by atoms with van der Waals surface area (Å²) >= 11 is 0. The Morgan fingerprint density at radius 1 is 1.15 bits per heavy atom. The van der Waals surface area contributed by atoms with Gasteiger partial charge in [-0.1, -0.05) is 38.1 Å². The van der Waals surface area contributed by atoms with Gasteiger partial charge in [-0.05, 0) is 69.4 Å². The van der Waals surface area contributed by atoms with Gasteiger partial charge in [0.15, 0.2) is 0 Å². The molecule has 1 saturated heterocycles. The van der Waals surface area contributed by atoms with Crippen molar-refractivity contribution in [2.75, 3.05) is 26.7 Å². The van der Waals surface area contributed by atoms with Crippen LogP contribution in [0.1, 0.15) is 50.3 Å². The lowest BCUT2D eigenvalue weighted by Gasteiger charge is -2.30. The second-order valence-corrected chi connectivity index (χ2v) is 6.21. The first-order valence-electron chi connectivity index (χ1n) is 8.23. The predicted octanol–water partition coefficient (Wildman–Crippen LogP) is 3.63. The Kier molecular flexibility index (Phi) is 6.06. The molecule has 1 unspecified atom stereocenters. The number of piperidine rings is 1. The molecule has 1 aliphatic rings. The number of nitrogens with zero attached hydrogens (tertiary/aromatic N) is 1. The molecule has 2 nitrogen and oxygen atoms in total. The lowest BCUT2D eigenvalue weighted by molar-refractivity contribution is 0.212. The Labute approximate surface area is 124 Å². The Morgan fingerprint density at radius 3 is 2.35 bits per heavy atom. The molecule has 1 heterocycles. The number of hydrogen-bond donors (Lipinski definition) is 1. The van der Waals surface area contributed by atoms with Gasteiger partial charge in [0, 0.05) is 6.04 Å². The van der Waals surface area contributed by atoms with Crippen molar-refractivity contribution in [3.05, 3.63) is 35.4 Å². The van der Waals surface area contributed by atoms with Gasteiger partial charge in [0.05, 0.1) is 0 Å². The summed E-state index contributed by atoms with van der Waals surface area (Å²) in [5, 5.41) is 3.79. The fourth-order valence-corrected chi connectivity index (χ4v) is 3.06. The standard InChI is InChI=1S/C18H30N2/c1-4-15-6-8-17(9-7-15)18(5-2)19-14-16-10-12-20(3)13-11-16/h6-9,16,18-19H,4-5,10-14H2,1-3H3. The van der Waals surface area contributed by atoms with Crippen LogP contribution in [0, 0.1) is 5.92 Å². The van der Waals surface area contributed by atoms with Gasteiger partial charge in [-0.25, -0.2) is 0 Å². The molecule has 112 valence electrons. The quantitative estimate of drug-likeness (QED) is 0.852. The highest BCUT2D eigenvalue weighted by Crippen LogP contribution is 2.20. The molecule has 0 aliphatic carbocycles. The van der Waals surface area contributed by atoms with Gasteiger partial charge in [0.2, 0.25) is 0 Å². The van der Waals surface area contributed by atoms with Crippen LogP contribution in [0.2, 0.25) is 0 Å². The summed E-state index contributed by atoms with van der Waals surface area (Å²) < 4.78 is 0. The minimum absolute atomic E-state index is 0.514. The number of aryl methyl sites for hydroxylation is 1. The molecular weight excluding hydrogens is 244 g/mol. The highest BCUT2D eigenvalue weighted by atomic mass is 15.1. The highest BCUT2D eigenvalue weighted by molar-refractivity contribution is 5.25. The molecule has 1 atom stereocenters. The summed E-state index contributed by atoms with van der Waals surface area (Å²) in [6.45, 7) is 8.18. The third kappa shape index (κ3) is 4.32. The topological polar surface area (TPSA) is 15.3 Å². The first-order chi connectivity index (χ1) is 9.72. The van der Waals surface area contributed by atoms with Crippen molar-refractivity contribution in [3.8, 4) is 0 Å². The fraction of sp³-hybridized carbons (Fsp3) is 0.667.